The SMILES string of the molecule is c1ccc(-c2ccc3ccc4ccc(-c5cccc(-c6nc(-c7ccccc7)nc7ccccc67)c5)nc4c3n2)cc1. The van der Waals surface area contributed by atoms with Crippen molar-refractivity contribution >= 4 is 32.7 Å². The van der Waals surface area contributed by atoms with Crippen LogP contribution in [0.1, 0.15) is 0 Å². The van der Waals surface area contributed by atoms with E-state index in [0.717, 1.165) is 72.0 Å². The molecule has 0 saturated heterocycles. The fourth-order valence-electron chi connectivity index (χ4n) is 5.54. The Kier molecular flexibility index (Phi) is 5.75. The van der Waals surface area contributed by atoms with Crippen LogP contribution in [0.15, 0.2) is 146 Å². The lowest BCUT2D eigenvalue weighted by Crippen LogP contribution is -1.95. The van der Waals surface area contributed by atoms with Gasteiger partial charge in [0.15, 0.2) is 5.82 Å². The Labute approximate surface area is 243 Å². The highest BCUT2D eigenvalue weighted by Gasteiger charge is 2.13. The molecule has 8 aromatic rings. The summed E-state index contributed by atoms with van der Waals surface area (Å²) < 4.78 is 0. The van der Waals surface area contributed by atoms with E-state index >= 15 is 0 Å². The molecule has 3 aromatic heterocycles. The molecule has 4 heteroatoms. The van der Waals surface area contributed by atoms with Crippen molar-refractivity contribution in [2.45, 2.75) is 0 Å². The topological polar surface area (TPSA) is 51.6 Å². The van der Waals surface area contributed by atoms with Gasteiger partial charge in [0.1, 0.15) is 0 Å². The molecule has 8 rings (SSSR count). The molecule has 0 saturated carbocycles. The Hall–Kier alpha value is -5.74. The predicted octanol–water partition coefficient (Wildman–Crippen LogP) is 9.39. The van der Waals surface area contributed by atoms with Crippen molar-refractivity contribution in [1.82, 2.24) is 19.9 Å². The minimum absolute atomic E-state index is 0.713. The van der Waals surface area contributed by atoms with Gasteiger partial charge in [-0.15, -0.1) is 0 Å². The summed E-state index contributed by atoms with van der Waals surface area (Å²) in [5.74, 6) is 0.713. The highest BCUT2D eigenvalue weighted by atomic mass is 14.9. The molecule has 0 aliphatic carbocycles. The first-order valence-electron chi connectivity index (χ1n) is 14.0. The molecule has 0 atom stereocenters. The van der Waals surface area contributed by atoms with Crippen LogP contribution in [0.3, 0.4) is 0 Å². The molecule has 0 aliphatic rings. The second-order valence-corrected chi connectivity index (χ2v) is 10.3. The summed E-state index contributed by atoms with van der Waals surface area (Å²) in [5.41, 5.74) is 9.58. The molecule has 0 unspecified atom stereocenters. The van der Waals surface area contributed by atoms with Crippen LogP contribution in [-0.2, 0) is 0 Å². The first-order valence-corrected chi connectivity index (χ1v) is 14.0. The Morgan fingerprint density at radius 3 is 1.62 bits per heavy atom. The maximum Gasteiger partial charge on any atom is 0.160 e. The zero-order valence-electron chi connectivity index (χ0n) is 22.6. The molecule has 42 heavy (non-hydrogen) atoms. The largest absolute Gasteiger partial charge is 0.245 e. The summed E-state index contributed by atoms with van der Waals surface area (Å²) in [6.45, 7) is 0. The molecule has 0 amide bonds. The van der Waals surface area contributed by atoms with Crippen LogP contribution < -0.4 is 0 Å². The minimum Gasteiger partial charge on any atom is -0.245 e. The predicted molar refractivity (Wildman–Crippen MR) is 172 cm³/mol. The summed E-state index contributed by atoms with van der Waals surface area (Å²) in [4.78, 5) is 20.2. The normalized spacial score (nSPS) is 11.3. The number of para-hydroxylation sites is 1. The lowest BCUT2D eigenvalue weighted by molar-refractivity contribution is 1.23. The number of benzene rings is 5. The van der Waals surface area contributed by atoms with Crippen molar-refractivity contribution in [2.75, 3.05) is 0 Å². The zero-order chi connectivity index (χ0) is 27.9. The molecule has 0 N–H and O–H groups in total. The first-order chi connectivity index (χ1) is 20.8. The minimum atomic E-state index is 0.713. The Morgan fingerprint density at radius 2 is 0.905 bits per heavy atom. The van der Waals surface area contributed by atoms with E-state index in [-0.39, 0.29) is 0 Å². The van der Waals surface area contributed by atoms with Crippen molar-refractivity contribution in [1.29, 1.82) is 0 Å². The van der Waals surface area contributed by atoms with E-state index in [1.54, 1.807) is 0 Å². The number of hydrogen-bond donors (Lipinski definition) is 0. The third kappa shape index (κ3) is 4.27. The fraction of sp³-hybridized carbons (Fsp3) is 0. The van der Waals surface area contributed by atoms with Gasteiger partial charge in [0.25, 0.3) is 0 Å². The van der Waals surface area contributed by atoms with Gasteiger partial charge in [-0.25, -0.2) is 19.9 Å². The van der Waals surface area contributed by atoms with Gasteiger partial charge in [0.05, 0.1) is 33.6 Å². The third-order valence-electron chi connectivity index (χ3n) is 7.66. The third-order valence-corrected chi connectivity index (χ3v) is 7.66. The molecule has 3 heterocycles. The molecular weight excluding hydrogens is 512 g/mol. The average Bonchev–Trinajstić information content (AvgIpc) is 3.08. The van der Waals surface area contributed by atoms with E-state index in [9.17, 15) is 0 Å². The molecule has 0 aliphatic heterocycles. The van der Waals surface area contributed by atoms with Crippen LogP contribution in [0, 0.1) is 0 Å². The molecule has 196 valence electrons. The average molecular weight is 537 g/mol. The van der Waals surface area contributed by atoms with E-state index in [1.807, 2.05) is 66.7 Å². The molecule has 0 fully saturated rings. The summed E-state index contributed by atoms with van der Waals surface area (Å²) in [6.07, 6.45) is 0. The van der Waals surface area contributed by atoms with Gasteiger partial charge < -0.3 is 0 Å². The number of rotatable bonds is 4. The van der Waals surface area contributed by atoms with Crippen molar-refractivity contribution in [3.8, 4) is 45.2 Å². The number of aromatic nitrogens is 4. The van der Waals surface area contributed by atoms with Crippen molar-refractivity contribution in [3.63, 3.8) is 0 Å². The maximum atomic E-state index is 5.18. The van der Waals surface area contributed by atoms with Crippen LogP contribution in [0.2, 0.25) is 0 Å². The Balaban J connectivity index is 1.28. The zero-order valence-corrected chi connectivity index (χ0v) is 22.6. The summed E-state index contributed by atoms with van der Waals surface area (Å²) in [7, 11) is 0. The quantitative estimate of drug-likeness (QED) is 0.210. The van der Waals surface area contributed by atoms with E-state index in [1.165, 1.54) is 0 Å². The molecular formula is C38H24N4. The number of fused-ring (bicyclic) bond motifs is 4. The van der Waals surface area contributed by atoms with Gasteiger partial charge >= 0.3 is 0 Å². The van der Waals surface area contributed by atoms with Gasteiger partial charge in [-0.3, -0.25) is 0 Å². The van der Waals surface area contributed by atoms with Gasteiger partial charge in [-0.05, 0) is 24.3 Å². The summed E-state index contributed by atoms with van der Waals surface area (Å²) >= 11 is 0. The van der Waals surface area contributed by atoms with Crippen LogP contribution in [-0.4, -0.2) is 19.9 Å². The van der Waals surface area contributed by atoms with Crippen LogP contribution >= 0.6 is 0 Å². The van der Waals surface area contributed by atoms with Crippen LogP contribution in [0.4, 0.5) is 0 Å². The summed E-state index contributed by atoms with van der Waals surface area (Å²) in [6, 6.07) is 49.7. The van der Waals surface area contributed by atoms with Crippen LogP contribution in [0.25, 0.3) is 77.9 Å². The fourth-order valence-corrected chi connectivity index (χ4v) is 5.54. The molecule has 5 aromatic carbocycles. The number of pyridine rings is 2. The van der Waals surface area contributed by atoms with Crippen molar-refractivity contribution in [3.05, 3.63) is 146 Å². The summed E-state index contributed by atoms with van der Waals surface area (Å²) in [5, 5.41) is 3.15. The van der Waals surface area contributed by atoms with E-state index in [0.29, 0.717) is 5.82 Å². The van der Waals surface area contributed by atoms with Crippen molar-refractivity contribution in [2.24, 2.45) is 0 Å². The lowest BCUT2D eigenvalue weighted by atomic mass is 10.0. The van der Waals surface area contributed by atoms with E-state index in [4.69, 9.17) is 19.9 Å². The maximum absolute atomic E-state index is 5.18. The second kappa shape index (κ2) is 10.0. The highest BCUT2D eigenvalue weighted by molar-refractivity contribution is 6.04. The van der Waals surface area contributed by atoms with Gasteiger partial charge in [0, 0.05) is 38.4 Å². The van der Waals surface area contributed by atoms with Gasteiger partial charge in [-0.2, -0.15) is 0 Å². The lowest BCUT2D eigenvalue weighted by Gasteiger charge is -2.11. The van der Waals surface area contributed by atoms with Gasteiger partial charge in [0.2, 0.25) is 0 Å². The molecule has 0 radical (unpaired) electrons. The van der Waals surface area contributed by atoms with Crippen LogP contribution in [0.5, 0.6) is 0 Å². The first kappa shape index (κ1) is 24.1. The molecule has 4 nitrogen and oxygen atoms in total. The number of nitrogens with zero attached hydrogens (tertiary/aromatic N) is 4. The standard InChI is InChI=1S/C38H24N4/c1-3-10-25(11-4-1)32-22-20-26-18-19-27-21-23-33(40-37(27)36(26)39-32)29-14-9-15-30(24-29)35-31-16-7-8-17-34(31)41-38(42-35)28-12-5-2-6-13-28/h1-24H. The number of hydrogen-bond acceptors (Lipinski definition) is 4. The smallest absolute Gasteiger partial charge is 0.160 e. The van der Waals surface area contributed by atoms with E-state index in [2.05, 4.69) is 78.9 Å². The van der Waals surface area contributed by atoms with Gasteiger partial charge in [-0.1, -0.05) is 121 Å². The van der Waals surface area contributed by atoms with E-state index < -0.39 is 0 Å². The Bertz CT molecular complexity index is 2240. The monoisotopic (exact) mass is 536 g/mol. The highest BCUT2D eigenvalue weighted by Crippen LogP contribution is 2.33. The van der Waals surface area contributed by atoms with Crippen molar-refractivity contribution < 1.29 is 0 Å². The molecule has 0 bridgehead atoms. The Morgan fingerprint density at radius 1 is 0.357 bits per heavy atom. The second-order valence-electron chi connectivity index (χ2n) is 10.3. The molecule has 0 spiro atoms.